The lowest BCUT2D eigenvalue weighted by molar-refractivity contribution is 0.102. The van der Waals surface area contributed by atoms with Gasteiger partial charge in [0.2, 0.25) is 0 Å². The van der Waals surface area contributed by atoms with E-state index in [2.05, 4.69) is 18.3 Å². The zero-order valence-electron chi connectivity index (χ0n) is 16.5. The van der Waals surface area contributed by atoms with Gasteiger partial charge in [-0.25, -0.2) is 4.68 Å². The van der Waals surface area contributed by atoms with Crippen LogP contribution in [0.25, 0.3) is 5.69 Å². The highest BCUT2D eigenvalue weighted by Crippen LogP contribution is 2.33. The van der Waals surface area contributed by atoms with Gasteiger partial charge in [-0.05, 0) is 57.0 Å². The number of carbonyl (C=O) groups is 1. The first kappa shape index (κ1) is 18.6. The third-order valence-corrected chi connectivity index (χ3v) is 6.40. The van der Waals surface area contributed by atoms with Gasteiger partial charge in [-0.1, -0.05) is 29.3 Å². The highest BCUT2D eigenvalue weighted by molar-refractivity contribution is 7.83. The van der Waals surface area contributed by atoms with E-state index in [0.717, 1.165) is 39.2 Å². The molecule has 0 fully saturated rings. The fraction of sp³-hybridized carbons (Fsp3) is 0.273. The van der Waals surface area contributed by atoms with Gasteiger partial charge in [0.1, 0.15) is 5.82 Å². The van der Waals surface area contributed by atoms with Crippen molar-refractivity contribution in [3.63, 3.8) is 0 Å². The molecule has 1 N–H and O–H groups in total. The lowest BCUT2D eigenvalue weighted by Gasteiger charge is -2.14. The topological polar surface area (TPSA) is 64.0 Å². The number of anilines is 1. The summed E-state index contributed by atoms with van der Waals surface area (Å²) < 4.78 is 13.9. The molecular weight excluding hydrogens is 370 g/mol. The number of hydrogen-bond donors (Lipinski definition) is 1. The number of aromatic nitrogens is 2. The van der Waals surface area contributed by atoms with Crippen molar-refractivity contribution in [3.8, 4) is 5.69 Å². The number of benzene rings is 2. The maximum Gasteiger partial charge on any atom is 0.256 e. The van der Waals surface area contributed by atoms with Crippen LogP contribution in [0.1, 0.15) is 43.9 Å². The Morgan fingerprint density at radius 1 is 1.07 bits per heavy atom. The lowest BCUT2D eigenvalue weighted by Crippen LogP contribution is -2.17. The van der Waals surface area contributed by atoms with Gasteiger partial charge in [-0.2, -0.15) is 5.10 Å². The Kier molecular flexibility index (Phi) is 4.67. The maximum absolute atomic E-state index is 13.0. The number of aryl methyl sites for hydroxylation is 3. The molecular formula is C22H23N3O2S. The molecule has 0 saturated carbocycles. The van der Waals surface area contributed by atoms with E-state index in [0.29, 0.717) is 22.9 Å². The van der Waals surface area contributed by atoms with Crippen LogP contribution in [-0.4, -0.2) is 19.9 Å². The number of carbonyl (C=O) groups excluding carboxylic acids is 1. The summed E-state index contributed by atoms with van der Waals surface area (Å²) in [5.74, 6) is 1.29. The second kappa shape index (κ2) is 7.02. The van der Waals surface area contributed by atoms with Crippen LogP contribution >= 0.6 is 0 Å². The van der Waals surface area contributed by atoms with Crippen LogP contribution in [0.5, 0.6) is 0 Å². The van der Waals surface area contributed by atoms with Gasteiger partial charge in [0, 0.05) is 21.9 Å². The predicted octanol–water partition coefficient (Wildman–Crippen LogP) is 4.12. The van der Waals surface area contributed by atoms with Gasteiger partial charge in [0.15, 0.2) is 0 Å². The molecule has 28 heavy (non-hydrogen) atoms. The molecule has 1 amide bonds. The Balaban J connectivity index is 1.80. The molecule has 5 nitrogen and oxygen atoms in total. The van der Waals surface area contributed by atoms with Gasteiger partial charge < -0.3 is 5.32 Å². The van der Waals surface area contributed by atoms with E-state index >= 15 is 0 Å². The first-order valence-corrected chi connectivity index (χ1v) is 10.7. The molecule has 1 aliphatic rings. The summed E-state index contributed by atoms with van der Waals surface area (Å²) in [4.78, 5) is 13.0. The molecule has 1 aliphatic heterocycles. The largest absolute Gasteiger partial charge is 0.306 e. The summed E-state index contributed by atoms with van der Waals surface area (Å²) >= 11 is 0. The SMILES string of the molecule is Cc1cc(C)cc(C(=O)Nc2c3c(nn2-c2cccc(C)c2C)CS(=O)C3)c1. The second-order valence-electron chi connectivity index (χ2n) is 7.46. The van der Waals surface area contributed by atoms with Crippen LogP contribution in [0, 0.1) is 27.7 Å². The predicted molar refractivity (Wildman–Crippen MR) is 112 cm³/mol. The summed E-state index contributed by atoms with van der Waals surface area (Å²) in [7, 11) is -0.967. The first-order valence-electron chi connectivity index (χ1n) is 9.25. The van der Waals surface area contributed by atoms with Crippen LogP contribution in [0.3, 0.4) is 0 Å². The van der Waals surface area contributed by atoms with Gasteiger partial charge in [0.25, 0.3) is 5.91 Å². The van der Waals surface area contributed by atoms with Gasteiger partial charge in [-0.3, -0.25) is 9.00 Å². The number of amides is 1. The minimum absolute atomic E-state index is 0.182. The average Bonchev–Trinajstić information content (AvgIpc) is 3.13. The molecule has 4 rings (SSSR count). The second-order valence-corrected chi connectivity index (χ2v) is 8.92. The Hall–Kier alpha value is -2.73. The number of fused-ring (bicyclic) bond motifs is 1. The van der Waals surface area contributed by atoms with E-state index in [1.807, 2.05) is 51.1 Å². The molecule has 1 unspecified atom stereocenters. The quantitative estimate of drug-likeness (QED) is 0.728. The zero-order chi connectivity index (χ0) is 20.0. The van der Waals surface area contributed by atoms with Crippen LogP contribution in [-0.2, 0) is 22.3 Å². The molecule has 1 aromatic heterocycles. The Labute approximate surface area is 167 Å². The van der Waals surface area contributed by atoms with Crippen LogP contribution in [0.4, 0.5) is 5.82 Å². The fourth-order valence-corrected chi connectivity index (χ4v) is 4.95. The molecule has 0 bridgehead atoms. The summed E-state index contributed by atoms with van der Waals surface area (Å²) in [5, 5.41) is 7.76. The Bertz CT molecular complexity index is 1110. The van der Waals surface area contributed by atoms with Crippen molar-refractivity contribution in [1.82, 2.24) is 9.78 Å². The van der Waals surface area contributed by atoms with E-state index in [-0.39, 0.29) is 5.91 Å². The number of nitrogens with one attached hydrogen (secondary N) is 1. The fourth-order valence-electron chi connectivity index (χ4n) is 3.68. The third kappa shape index (κ3) is 3.29. The molecule has 1 atom stereocenters. The van der Waals surface area contributed by atoms with Gasteiger partial charge >= 0.3 is 0 Å². The van der Waals surface area contributed by atoms with Crippen molar-refractivity contribution in [2.45, 2.75) is 39.2 Å². The highest BCUT2D eigenvalue weighted by atomic mass is 32.2. The number of rotatable bonds is 3. The number of nitrogens with zero attached hydrogens (tertiary/aromatic N) is 2. The molecule has 0 spiro atoms. The standard InChI is InChI=1S/C22H23N3O2S/c1-13-8-14(2)10-17(9-13)22(26)23-21-18-11-28(27)12-19(18)24-25(21)20-7-5-6-15(3)16(20)4/h5-10H,11-12H2,1-4H3,(H,23,26). The van der Waals surface area contributed by atoms with E-state index < -0.39 is 10.8 Å². The molecule has 0 radical (unpaired) electrons. The third-order valence-electron chi connectivity index (χ3n) is 5.19. The smallest absolute Gasteiger partial charge is 0.256 e. The average molecular weight is 394 g/mol. The monoisotopic (exact) mass is 393 g/mol. The summed E-state index contributed by atoms with van der Waals surface area (Å²) in [6, 6.07) is 11.8. The van der Waals surface area contributed by atoms with Crippen molar-refractivity contribution in [3.05, 3.63) is 75.5 Å². The van der Waals surface area contributed by atoms with Crippen LogP contribution < -0.4 is 5.32 Å². The maximum atomic E-state index is 13.0. The molecule has 2 aromatic carbocycles. The minimum Gasteiger partial charge on any atom is -0.306 e. The van der Waals surface area contributed by atoms with Crippen molar-refractivity contribution in [2.75, 3.05) is 5.32 Å². The van der Waals surface area contributed by atoms with E-state index in [9.17, 15) is 9.00 Å². The van der Waals surface area contributed by atoms with E-state index in [4.69, 9.17) is 5.10 Å². The molecule has 6 heteroatoms. The molecule has 2 heterocycles. The van der Waals surface area contributed by atoms with Crippen molar-refractivity contribution in [1.29, 1.82) is 0 Å². The molecule has 0 aliphatic carbocycles. The Morgan fingerprint density at radius 2 is 1.79 bits per heavy atom. The van der Waals surface area contributed by atoms with Crippen LogP contribution in [0.2, 0.25) is 0 Å². The minimum atomic E-state index is -0.967. The van der Waals surface area contributed by atoms with Crippen molar-refractivity contribution < 1.29 is 9.00 Å². The zero-order valence-corrected chi connectivity index (χ0v) is 17.3. The summed E-state index contributed by atoms with van der Waals surface area (Å²) in [6.07, 6.45) is 0. The van der Waals surface area contributed by atoms with Crippen molar-refractivity contribution >= 4 is 22.5 Å². The Morgan fingerprint density at radius 3 is 2.50 bits per heavy atom. The van der Waals surface area contributed by atoms with Gasteiger partial charge in [0.05, 0.1) is 22.9 Å². The van der Waals surface area contributed by atoms with E-state index in [1.54, 1.807) is 4.68 Å². The highest BCUT2D eigenvalue weighted by Gasteiger charge is 2.29. The lowest BCUT2D eigenvalue weighted by atomic mass is 10.1. The normalized spacial score (nSPS) is 15.5. The molecule has 144 valence electrons. The van der Waals surface area contributed by atoms with E-state index in [1.165, 1.54) is 0 Å². The van der Waals surface area contributed by atoms with Crippen molar-refractivity contribution in [2.24, 2.45) is 0 Å². The summed E-state index contributed by atoms with van der Waals surface area (Å²) in [6.45, 7) is 8.06. The number of hydrogen-bond acceptors (Lipinski definition) is 3. The molecule has 3 aromatic rings. The van der Waals surface area contributed by atoms with Crippen LogP contribution in [0.15, 0.2) is 36.4 Å². The summed E-state index contributed by atoms with van der Waals surface area (Å²) in [5.41, 5.74) is 7.55. The van der Waals surface area contributed by atoms with Gasteiger partial charge in [-0.15, -0.1) is 0 Å². The first-order chi connectivity index (χ1) is 13.3. The molecule has 0 saturated heterocycles.